The summed E-state index contributed by atoms with van der Waals surface area (Å²) in [6, 6.07) is 8.08. The lowest BCUT2D eigenvalue weighted by Crippen LogP contribution is -2.26. The number of carbonyl (C=O) groups is 1. The van der Waals surface area contributed by atoms with Gasteiger partial charge in [0.15, 0.2) is 0 Å². The van der Waals surface area contributed by atoms with Crippen LogP contribution in [0.1, 0.15) is 18.4 Å². The Hall–Kier alpha value is -1.42. The van der Waals surface area contributed by atoms with E-state index in [0.717, 1.165) is 23.5 Å². The van der Waals surface area contributed by atoms with Crippen LogP contribution in [-0.2, 0) is 11.2 Å². The van der Waals surface area contributed by atoms with Crippen LogP contribution in [0.25, 0.3) is 10.2 Å². The average molecular weight is 248 g/mol. The second-order valence-corrected chi connectivity index (χ2v) is 5.10. The van der Waals surface area contributed by atoms with E-state index < -0.39 is 0 Å². The van der Waals surface area contributed by atoms with E-state index in [1.54, 1.807) is 16.2 Å². The molecule has 0 aliphatic carbocycles. The van der Waals surface area contributed by atoms with Gasteiger partial charge in [0.25, 0.3) is 0 Å². The zero-order chi connectivity index (χ0) is 12.3. The Balaban J connectivity index is 2.02. The van der Waals surface area contributed by atoms with Crippen LogP contribution in [-0.4, -0.2) is 29.4 Å². The summed E-state index contributed by atoms with van der Waals surface area (Å²) in [7, 11) is 1.83. The second-order valence-electron chi connectivity index (χ2n) is 3.98. The quantitative estimate of drug-likeness (QED) is 0.833. The molecular formula is C13H16N2OS. The van der Waals surface area contributed by atoms with Crippen LogP contribution < -0.4 is 0 Å². The minimum absolute atomic E-state index is 0.187. The van der Waals surface area contributed by atoms with Crippen LogP contribution in [0, 0.1) is 0 Å². The van der Waals surface area contributed by atoms with Crippen molar-refractivity contribution in [3.63, 3.8) is 0 Å². The molecule has 2 aromatic rings. The van der Waals surface area contributed by atoms with Crippen LogP contribution in [0.5, 0.6) is 0 Å². The highest BCUT2D eigenvalue weighted by Crippen LogP contribution is 2.22. The topological polar surface area (TPSA) is 33.2 Å². The molecule has 0 bridgehead atoms. The van der Waals surface area contributed by atoms with E-state index in [4.69, 9.17) is 0 Å². The van der Waals surface area contributed by atoms with Crippen molar-refractivity contribution in [2.75, 3.05) is 13.6 Å². The number of fused-ring (bicyclic) bond motifs is 1. The fraction of sp³-hybridized carbons (Fsp3) is 0.385. The van der Waals surface area contributed by atoms with E-state index in [1.165, 1.54) is 4.70 Å². The van der Waals surface area contributed by atoms with Gasteiger partial charge < -0.3 is 4.90 Å². The number of nitrogens with zero attached hydrogens (tertiary/aromatic N) is 2. The molecule has 1 aromatic carbocycles. The van der Waals surface area contributed by atoms with Crippen LogP contribution in [0.15, 0.2) is 24.3 Å². The van der Waals surface area contributed by atoms with Gasteiger partial charge in [0, 0.05) is 26.4 Å². The molecule has 4 heteroatoms. The van der Waals surface area contributed by atoms with Crippen molar-refractivity contribution in [1.82, 2.24) is 9.88 Å². The van der Waals surface area contributed by atoms with E-state index in [9.17, 15) is 4.79 Å². The van der Waals surface area contributed by atoms with E-state index >= 15 is 0 Å². The van der Waals surface area contributed by atoms with Crippen molar-refractivity contribution in [2.24, 2.45) is 0 Å². The molecule has 1 heterocycles. The number of aryl methyl sites for hydroxylation is 1. The summed E-state index contributed by atoms with van der Waals surface area (Å²) in [5, 5.41) is 1.05. The van der Waals surface area contributed by atoms with E-state index in [-0.39, 0.29) is 5.91 Å². The molecule has 3 nitrogen and oxygen atoms in total. The van der Waals surface area contributed by atoms with Gasteiger partial charge in [-0.15, -0.1) is 11.3 Å². The lowest BCUT2D eigenvalue weighted by atomic mass is 10.3. The fourth-order valence-electron chi connectivity index (χ4n) is 1.61. The molecule has 0 saturated heterocycles. The van der Waals surface area contributed by atoms with Crippen molar-refractivity contribution in [1.29, 1.82) is 0 Å². The number of para-hydroxylation sites is 1. The zero-order valence-corrected chi connectivity index (χ0v) is 11.0. The maximum Gasteiger partial charge on any atom is 0.222 e. The number of thiazole rings is 1. The van der Waals surface area contributed by atoms with Gasteiger partial charge in [-0.05, 0) is 19.1 Å². The standard InChI is InChI=1S/C13H16N2OS/c1-3-15(2)13(16)9-8-12-14-10-6-4-5-7-11(10)17-12/h4-7H,3,8-9H2,1-2H3. The van der Waals surface area contributed by atoms with Gasteiger partial charge in [0.1, 0.15) is 0 Å². The van der Waals surface area contributed by atoms with Crippen molar-refractivity contribution in [3.05, 3.63) is 29.3 Å². The third-order valence-corrected chi connectivity index (χ3v) is 3.89. The summed E-state index contributed by atoms with van der Waals surface area (Å²) in [5.41, 5.74) is 1.03. The highest BCUT2D eigenvalue weighted by atomic mass is 32.1. The first kappa shape index (κ1) is 12.0. The molecule has 0 unspecified atom stereocenters. The van der Waals surface area contributed by atoms with Crippen LogP contribution in [0.4, 0.5) is 0 Å². The molecule has 0 aliphatic rings. The van der Waals surface area contributed by atoms with Gasteiger partial charge in [0.2, 0.25) is 5.91 Å². The molecule has 1 aromatic heterocycles. The number of amides is 1. The lowest BCUT2D eigenvalue weighted by Gasteiger charge is -2.13. The second kappa shape index (κ2) is 5.27. The maximum absolute atomic E-state index is 11.7. The Kier molecular flexibility index (Phi) is 3.74. The van der Waals surface area contributed by atoms with Gasteiger partial charge in [-0.3, -0.25) is 4.79 Å². The molecule has 17 heavy (non-hydrogen) atoms. The highest BCUT2D eigenvalue weighted by molar-refractivity contribution is 7.18. The summed E-state index contributed by atoms with van der Waals surface area (Å²) < 4.78 is 1.19. The zero-order valence-electron chi connectivity index (χ0n) is 10.1. The van der Waals surface area contributed by atoms with Gasteiger partial charge >= 0.3 is 0 Å². The number of hydrogen-bond acceptors (Lipinski definition) is 3. The highest BCUT2D eigenvalue weighted by Gasteiger charge is 2.09. The fourth-order valence-corrected chi connectivity index (χ4v) is 2.57. The third-order valence-electron chi connectivity index (χ3n) is 2.79. The molecule has 0 spiro atoms. The molecule has 1 amide bonds. The van der Waals surface area contributed by atoms with Gasteiger partial charge in [-0.1, -0.05) is 12.1 Å². The molecule has 0 saturated carbocycles. The largest absolute Gasteiger partial charge is 0.346 e. The summed E-state index contributed by atoms with van der Waals surface area (Å²) in [6.45, 7) is 2.74. The number of hydrogen-bond donors (Lipinski definition) is 0. The molecule has 0 aliphatic heterocycles. The monoisotopic (exact) mass is 248 g/mol. The predicted octanol–water partition coefficient (Wildman–Crippen LogP) is 2.71. The van der Waals surface area contributed by atoms with E-state index in [2.05, 4.69) is 11.1 Å². The van der Waals surface area contributed by atoms with Crippen molar-refractivity contribution in [3.8, 4) is 0 Å². The molecule has 0 fully saturated rings. The Labute approximate surface area is 105 Å². The van der Waals surface area contributed by atoms with E-state index in [0.29, 0.717) is 6.42 Å². The summed E-state index contributed by atoms with van der Waals surface area (Å²) in [5.74, 6) is 0.187. The van der Waals surface area contributed by atoms with Crippen molar-refractivity contribution < 1.29 is 4.79 Å². The Bertz CT molecular complexity index is 488. The number of benzene rings is 1. The Morgan fingerprint density at radius 1 is 1.41 bits per heavy atom. The van der Waals surface area contributed by atoms with Crippen LogP contribution in [0.3, 0.4) is 0 Å². The van der Waals surface area contributed by atoms with Crippen molar-refractivity contribution >= 4 is 27.5 Å². The number of rotatable bonds is 4. The summed E-state index contributed by atoms with van der Waals surface area (Å²) in [4.78, 5) is 17.9. The minimum atomic E-state index is 0.187. The Morgan fingerprint density at radius 2 is 2.18 bits per heavy atom. The molecule has 2 rings (SSSR count). The molecule has 0 radical (unpaired) electrons. The maximum atomic E-state index is 11.7. The van der Waals surface area contributed by atoms with Gasteiger partial charge in [0.05, 0.1) is 15.2 Å². The molecule has 0 N–H and O–H groups in total. The third kappa shape index (κ3) is 2.82. The smallest absolute Gasteiger partial charge is 0.222 e. The molecular weight excluding hydrogens is 232 g/mol. The average Bonchev–Trinajstić information content (AvgIpc) is 2.77. The molecule has 0 atom stereocenters. The first-order valence-corrected chi connectivity index (χ1v) is 6.60. The number of carbonyl (C=O) groups excluding carboxylic acids is 1. The lowest BCUT2D eigenvalue weighted by molar-refractivity contribution is -0.129. The van der Waals surface area contributed by atoms with Crippen LogP contribution in [0.2, 0.25) is 0 Å². The minimum Gasteiger partial charge on any atom is -0.346 e. The summed E-state index contributed by atoms with van der Waals surface area (Å²) >= 11 is 1.68. The van der Waals surface area contributed by atoms with Gasteiger partial charge in [-0.2, -0.15) is 0 Å². The first-order chi connectivity index (χ1) is 8.20. The first-order valence-electron chi connectivity index (χ1n) is 5.79. The van der Waals surface area contributed by atoms with Gasteiger partial charge in [-0.25, -0.2) is 4.98 Å². The Morgan fingerprint density at radius 3 is 2.88 bits per heavy atom. The van der Waals surface area contributed by atoms with Crippen LogP contribution >= 0.6 is 11.3 Å². The SMILES string of the molecule is CCN(C)C(=O)CCc1nc2ccccc2s1. The summed E-state index contributed by atoms with van der Waals surface area (Å²) in [6.07, 6.45) is 1.28. The predicted molar refractivity (Wildman–Crippen MR) is 71.3 cm³/mol. The van der Waals surface area contributed by atoms with Crippen molar-refractivity contribution in [2.45, 2.75) is 19.8 Å². The molecule has 90 valence electrons. The number of aromatic nitrogens is 1. The normalized spacial score (nSPS) is 10.7. The van der Waals surface area contributed by atoms with E-state index in [1.807, 2.05) is 32.2 Å².